The molecular weight excluding hydrogens is 394 g/mol. The summed E-state index contributed by atoms with van der Waals surface area (Å²) in [5.74, 6) is -0.533. The lowest BCUT2D eigenvalue weighted by atomic mass is 10.1. The minimum Gasteiger partial charge on any atom is -0.468 e. The van der Waals surface area contributed by atoms with Gasteiger partial charge in [-0.3, -0.25) is 14.5 Å². The summed E-state index contributed by atoms with van der Waals surface area (Å²) in [6.45, 7) is 0.0947. The standard InChI is InChI=1S/C16H14BrN3O3S/c1-19-15(22)12(18-16(19)24)5-9-7-20(8-14(21)23-2)13-4-3-10(17)6-11(9)13/h3-7H,8H2,1-2H3,(H,18,24)/b12-5-. The van der Waals surface area contributed by atoms with Crippen molar-refractivity contribution in [3.63, 3.8) is 0 Å². The number of fused-ring (bicyclic) bond motifs is 1. The number of nitrogens with zero attached hydrogens (tertiary/aromatic N) is 2. The van der Waals surface area contributed by atoms with E-state index in [4.69, 9.17) is 17.0 Å². The van der Waals surface area contributed by atoms with Gasteiger partial charge in [0.1, 0.15) is 12.2 Å². The number of halogens is 1. The topological polar surface area (TPSA) is 63.6 Å². The van der Waals surface area contributed by atoms with E-state index in [9.17, 15) is 9.59 Å². The molecule has 24 heavy (non-hydrogen) atoms. The number of hydrogen-bond acceptors (Lipinski definition) is 4. The first-order valence-electron chi connectivity index (χ1n) is 7.06. The number of likely N-dealkylation sites (N-methyl/N-ethyl adjacent to an activating group) is 1. The van der Waals surface area contributed by atoms with E-state index in [-0.39, 0.29) is 18.4 Å². The minimum atomic E-state index is -0.343. The molecule has 1 fully saturated rings. The van der Waals surface area contributed by atoms with E-state index in [0.717, 1.165) is 20.9 Å². The molecule has 8 heteroatoms. The quantitative estimate of drug-likeness (QED) is 0.480. The van der Waals surface area contributed by atoms with Gasteiger partial charge in [-0.15, -0.1) is 0 Å². The van der Waals surface area contributed by atoms with Crippen molar-refractivity contribution in [3.05, 3.63) is 40.1 Å². The molecule has 6 nitrogen and oxygen atoms in total. The first-order valence-corrected chi connectivity index (χ1v) is 8.27. The summed E-state index contributed by atoms with van der Waals surface area (Å²) in [6.07, 6.45) is 3.55. The van der Waals surface area contributed by atoms with E-state index < -0.39 is 0 Å². The Hall–Kier alpha value is -2.19. The van der Waals surface area contributed by atoms with Crippen LogP contribution in [0.4, 0.5) is 0 Å². The molecule has 0 saturated carbocycles. The average Bonchev–Trinajstić information content (AvgIpc) is 3.00. The van der Waals surface area contributed by atoms with Gasteiger partial charge < -0.3 is 14.6 Å². The number of hydrogen-bond donors (Lipinski definition) is 1. The van der Waals surface area contributed by atoms with Crippen LogP contribution in [-0.4, -0.2) is 40.6 Å². The number of methoxy groups -OCH3 is 1. The summed E-state index contributed by atoms with van der Waals surface area (Å²) in [5.41, 5.74) is 2.08. The number of carbonyl (C=O) groups is 2. The van der Waals surface area contributed by atoms with Gasteiger partial charge in [-0.05, 0) is 36.5 Å². The lowest BCUT2D eigenvalue weighted by Crippen LogP contribution is -2.25. The third kappa shape index (κ3) is 2.94. The highest BCUT2D eigenvalue weighted by Crippen LogP contribution is 2.27. The van der Waals surface area contributed by atoms with Crippen molar-refractivity contribution in [3.8, 4) is 0 Å². The van der Waals surface area contributed by atoms with Crippen LogP contribution in [0.3, 0.4) is 0 Å². The van der Waals surface area contributed by atoms with Gasteiger partial charge in [0.05, 0.1) is 7.11 Å². The monoisotopic (exact) mass is 407 g/mol. The van der Waals surface area contributed by atoms with Crippen LogP contribution >= 0.6 is 28.1 Å². The second kappa shape index (κ2) is 6.37. The van der Waals surface area contributed by atoms with Crippen LogP contribution in [0, 0.1) is 0 Å². The summed E-state index contributed by atoms with van der Waals surface area (Å²) in [4.78, 5) is 25.2. The number of esters is 1. The number of nitrogens with one attached hydrogen (secondary N) is 1. The molecule has 3 rings (SSSR count). The molecule has 1 aliphatic rings. The van der Waals surface area contributed by atoms with E-state index in [2.05, 4.69) is 21.2 Å². The number of amides is 1. The molecule has 2 heterocycles. The number of carbonyl (C=O) groups excluding carboxylic acids is 2. The van der Waals surface area contributed by atoms with E-state index in [1.165, 1.54) is 12.0 Å². The number of benzene rings is 1. The molecule has 0 radical (unpaired) electrons. The Kier molecular flexibility index (Phi) is 4.42. The third-order valence-electron chi connectivity index (χ3n) is 3.78. The van der Waals surface area contributed by atoms with E-state index in [0.29, 0.717) is 10.8 Å². The Balaban J connectivity index is 2.11. The molecule has 1 amide bonds. The molecule has 1 aromatic heterocycles. The zero-order valence-electron chi connectivity index (χ0n) is 13.0. The molecule has 1 saturated heterocycles. The van der Waals surface area contributed by atoms with Gasteiger partial charge in [0, 0.05) is 34.2 Å². The molecule has 124 valence electrons. The molecule has 0 atom stereocenters. The van der Waals surface area contributed by atoms with Gasteiger partial charge >= 0.3 is 5.97 Å². The predicted octanol–water partition coefficient (Wildman–Crippen LogP) is 2.26. The van der Waals surface area contributed by atoms with Gasteiger partial charge in [0.15, 0.2) is 5.11 Å². The Morgan fingerprint density at radius 2 is 2.21 bits per heavy atom. The summed E-state index contributed by atoms with van der Waals surface area (Å²) < 4.78 is 7.44. The Morgan fingerprint density at radius 1 is 1.46 bits per heavy atom. The molecular formula is C16H14BrN3O3S. The normalized spacial score (nSPS) is 16.1. The second-order valence-corrected chi connectivity index (χ2v) is 6.60. The molecule has 2 aromatic rings. The van der Waals surface area contributed by atoms with Crippen molar-refractivity contribution in [2.45, 2.75) is 6.54 Å². The lowest BCUT2D eigenvalue weighted by molar-refractivity contribution is -0.141. The highest BCUT2D eigenvalue weighted by molar-refractivity contribution is 9.10. The van der Waals surface area contributed by atoms with E-state index >= 15 is 0 Å². The SMILES string of the molecule is COC(=O)Cn1cc(/C=C2\NC(=S)N(C)C2=O)c2cc(Br)ccc21. The molecule has 0 unspecified atom stereocenters. The molecule has 1 aromatic carbocycles. The largest absolute Gasteiger partial charge is 0.468 e. The van der Waals surface area contributed by atoms with Gasteiger partial charge in [-0.25, -0.2) is 0 Å². The maximum Gasteiger partial charge on any atom is 0.325 e. The molecule has 0 aliphatic carbocycles. The van der Waals surface area contributed by atoms with Gasteiger partial charge in [-0.1, -0.05) is 15.9 Å². The lowest BCUT2D eigenvalue weighted by Gasteiger charge is -2.03. The Labute approximate surface area is 152 Å². The highest BCUT2D eigenvalue weighted by Gasteiger charge is 2.27. The van der Waals surface area contributed by atoms with Crippen LogP contribution in [0.2, 0.25) is 0 Å². The zero-order valence-corrected chi connectivity index (χ0v) is 15.4. The second-order valence-electron chi connectivity index (χ2n) is 5.30. The summed E-state index contributed by atoms with van der Waals surface area (Å²) in [6, 6.07) is 5.75. The first kappa shape index (κ1) is 16.7. The maximum atomic E-state index is 12.2. The number of rotatable bonds is 3. The Morgan fingerprint density at radius 3 is 2.83 bits per heavy atom. The van der Waals surface area contributed by atoms with Crippen LogP contribution in [0.15, 0.2) is 34.6 Å². The van der Waals surface area contributed by atoms with Crippen LogP contribution in [-0.2, 0) is 20.9 Å². The highest BCUT2D eigenvalue weighted by atomic mass is 79.9. The van der Waals surface area contributed by atoms with E-state index in [1.807, 2.05) is 24.4 Å². The summed E-state index contributed by atoms with van der Waals surface area (Å²) >= 11 is 8.54. The van der Waals surface area contributed by atoms with Gasteiger partial charge in [-0.2, -0.15) is 0 Å². The minimum absolute atomic E-state index is 0.0947. The molecule has 1 N–H and O–H groups in total. The van der Waals surface area contributed by atoms with Gasteiger partial charge in [0.2, 0.25) is 0 Å². The smallest absolute Gasteiger partial charge is 0.325 e. The fourth-order valence-corrected chi connectivity index (χ4v) is 3.08. The van der Waals surface area contributed by atoms with Crippen LogP contribution < -0.4 is 5.32 Å². The number of aromatic nitrogens is 1. The van der Waals surface area contributed by atoms with Crippen molar-refractivity contribution in [1.29, 1.82) is 0 Å². The fourth-order valence-electron chi connectivity index (χ4n) is 2.53. The molecule has 0 spiro atoms. The fraction of sp³-hybridized carbons (Fsp3) is 0.188. The average molecular weight is 408 g/mol. The number of ether oxygens (including phenoxy) is 1. The van der Waals surface area contributed by atoms with E-state index in [1.54, 1.807) is 17.7 Å². The maximum absolute atomic E-state index is 12.2. The summed E-state index contributed by atoms with van der Waals surface area (Å²) in [7, 11) is 2.97. The molecule has 0 bridgehead atoms. The van der Waals surface area contributed by atoms with Crippen LogP contribution in [0.25, 0.3) is 17.0 Å². The number of thiocarbonyl (C=S) groups is 1. The summed E-state index contributed by atoms with van der Waals surface area (Å²) in [5, 5.41) is 4.18. The predicted molar refractivity (Wildman–Crippen MR) is 98.1 cm³/mol. The van der Waals surface area contributed by atoms with Crippen LogP contribution in [0.5, 0.6) is 0 Å². The van der Waals surface area contributed by atoms with Gasteiger partial charge in [0.25, 0.3) is 5.91 Å². The third-order valence-corrected chi connectivity index (χ3v) is 4.65. The Bertz CT molecular complexity index is 903. The van der Waals surface area contributed by atoms with Crippen molar-refractivity contribution < 1.29 is 14.3 Å². The first-order chi connectivity index (χ1) is 11.4. The van der Waals surface area contributed by atoms with Crippen molar-refractivity contribution in [1.82, 2.24) is 14.8 Å². The van der Waals surface area contributed by atoms with Crippen LogP contribution in [0.1, 0.15) is 5.56 Å². The van der Waals surface area contributed by atoms with Crippen molar-refractivity contribution in [2.24, 2.45) is 0 Å². The van der Waals surface area contributed by atoms with Crippen molar-refractivity contribution in [2.75, 3.05) is 14.2 Å². The zero-order chi connectivity index (χ0) is 17.4. The molecule has 1 aliphatic heterocycles. The van der Waals surface area contributed by atoms with Crippen molar-refractivity contribution >= 4 is 62.1 Å².